The SMILES string of the molecule is Cc1c(OCCCCSc2nc3ccc(Cl)cc3o2)ccc(C(=O)CC(C)C)c1O. The monoisotopic (exact) mass is 447 g/mol. The van der Waals surface area contributed by atoms with Gasteiger partial charge in [0.1, 0.15) is 17.0 Å². The van der Waals surface area contributed by atoms with Crippen LogP contribution in [0.2, 0.25) is 5.02 Å². The molecule has 0 bridgehead atoms. The maximum Gasteiger partial charge on any atom is 0.256 e. The molecule has 1 heterocycles. The van der Waals surface area contributed by atoms with Crippen LogP contribution in [0.5, 0.6) is 11.5 Å². The molecule has 160 valence electrons. The summed E-state index contributed by atoms with van der Waals surface area (Å²) >= 11 is 7.52. The van der Waals surface area contributed by atoms with Gasteiger partial charge in [-0.15, -0.1) is 0 Å². The molecule has 0 aliphatic rings. The first-order valence-corrected chi connectivity index (χ1v) is 11.4. The molecule has 0 unspecified atom stereocenters. The molecule has 1 aromatic heterocycles. The largest absolute Gasteiger partial charge is 0.507 e. The fraction of sp³-hybridized carbons (Fsp3) is 0.391. The van der Waals surface area contributed by atoms with Gasteiger partial charge in [-0.3, -0.25) is 4.79 Å². The summed E-state index contributed by atoms with van der Waals surface area (Å²) in [6.07, 6.45) is 2.20. The molecule has 0 amide bonds. The van der Waals surface area contributed by atoms with Gasteiger partial charge in [-0.1, -0.05) is 37.2 Å². The molecular formula is C23H26ClNO4S. The van der Waals surface area contributed by atoms with Crippen LogP contribution in [0.4, 0.5) is 0 Å². The van der Waals surface area contributed by atoms with Crippen molar-refractivity contribution >= 4 is 40.2 Å². The van der Waals surface area contributed by atoms with Crippen LogP contribution in [-0.4, -0.2) is 28.2 Å². The van der Waals surface area contributed by atoms with Crippen molar-refractivity contribution in [2.24, 2.45) is 5.92 Å². The first-order valence-electron chi connectivity index (χ1n) is 10.0. The van der Waals surface area contributed by atoms with Gasteiger partial charge in [-0.05, 0) is 49.9 Å². The number of ketones is 1. The van der Waals surface area contributed by atoms with Crippen molar-refractivity contribution in [3.63, 3.8) is 0 Å². The number of aromatic nitrogens is 1. The van der Waals surface area contributed by atoms with Crippen molar-refractivity contribution in [2.45, 2.75) is 45.3 Å². The average molecular weight is 448 g/mol. The van der Waals surface area contributed by atoms with Crippen molar-refractivity contribution in [2.75, 3.05) is 12.4 Å². The van der Waals surface area contributed by atoms with E-state index in [1.807, 2.05) is 19.9 Å². The quantitative estimate of drug-likeness (QED) is 0.212. The fourth-order valence-corrected chi connectivity index (χ4v) is 4.03. The van der Waals surface area contributed by atoms with Crippen molar-refractivity contribution in [3.8, 4) is 11.5 Å². The molecule has 3 rings (SSSR count). The minimum atomic E-state index is -0.0457. The van der Waals surface area contributed by atoms with Crippen molar-refractivity contribution < 1.29 is 19.1 Å². The number of carbonyl (C=O) groups excluding carboxylic acids is 1. The summed E-state index contributed by atoms with van der Waals surface area (Å²) in [4.78, 5) is 16.7. The number of Topliss-reactive ketones (excluding diaryl/α,β-unsaturated/α-hetero) is 1. The van der Waals surface area contributed by atoms with Crippen molar-refractivity contribution in [1.82, 2.24) is 4.98 Å². The Morgan fingerprint density at radius 3 is 2.83 bits per heavy atom. The summed E-state index contributed by atoms with van der Waals surface area (Å²) in [6, 6.07) is 8.82. The lowest BCUT2D eigenvalue weighted by Gasteiger charge is -2.13. The van der Waals surface area contributed by atoms with E-state index in [1.165, 1.54) is 0 Å². The van der Waals surface area contributed by atoms with Crippen LogP contribution in [-0.2, 0) is 0 Å². The highest BCUT2D eigenvalue weighted by Crippen LogP contribution is 2.32. The highest BCUT2D eigenvalue weighted by atomic mass is 35.5. The van der Waals surface area contributed by atoms with Gasteiger partial charge >= 0.3 is 0 Å². The van der Waals surface area contributed by atoms with Gasteiger partial charge < -0.3 is 14.3 Å². The molecule has 0 aliphatic carbocycles. The number of halogens is 1. The molecule has 0 radical (unpaired) electrons. The second kappa shape index (κ2) is 10.2. The van der Waals surface area contributed by atoms with Gasteiger partial charge in [0.05, 0.1) is 12.2 Å². The number of ether oxygens (including phenoxy) is 1. The molecular weight excluding hydrogens is 422 g/mol. The number of hydrogen-bond acceptors (Lipinski definition) is 6. The van der Waals surface area contributed by atoms with E-state index in [-0.39, 0.29) is 17.5 Å². The number of phenols is 1. The van der Waals surface area contributed by atoms with E-state index in [0.29, 0.717) is 45.7 Å². The molecule has 7 heteroatoms. The summed E-state index contributed by atoms with van der Waals surface area (Å²) in [6.45, 7) is 6.27. The zero-order chi connectivity index (χ0) is 21.7. The molecule has 3 aromatic rings. The molecule has 0 atom stereocenters. The van der Waals surface area contributed by atoms with Crippen LogP contribution in [0.25, 0.3) is 11.1 Å². The second-order valence-corrected chi connectivity index (χ2v) is 9.08. The minimum absolute atomic E-state index is 0.0183. The lowest BCUT2D eigenvalue weighted by atomic mass is 9.98. The fourth-order valence-electron chi connectivity index (χ4n) is 3.03. The summed E-state index contributed by atoms with van der Waals surface area (Å²) in [5.74, 6) is 1.69. The van der Waals surface area contributed by atoms with Gasteiger partial charge in [-0.25, -0.2) is 4.98 Å². The van der Waals surface area contributed by atoms with Crippen LogP contribution in [0.3, 0.4) is 0 Å². The highest BCUT2D eigenvalue weighted by molar-refractivity contribution is 7.99. The molecule has 0 saturated heterocycles. The molecule has 5 nitrogen and oxygen atoms in total. The van der Waals surface area contributed by atoms with E-state index in [9.17, 15) is 9.90 Å². The first kappa shape index (κ1) is 22.5. The Kier molecular flexibility index (Phi) is 7.67. The Hall–Kier alpha value is -2.18. The summed E-state index contributed by atoms with van der Waals surface area (Å²) in [5.41, 5.74) is 2.46. The predicted octanol–water partition coefficient (Wildman–Crippen LogP) is 6.68. The molecule has 2 aromatic carbocycles. The Bertz CT molecular complexity index is 1030. The summed E-state index contributed by atoms with van der Waals surface area (Å²) in [7, 11) is 0. The van der Waals surface area contributed by atoms with E-state index in [4.69, 9.17) is 20.8 Å². The number of fused-ring (bicyclic) bond motifs is 1. The number of unbranched alkanes of at least 4 members (excludes halogenated alkanes) is 1. The third-order valence-corrected chi connectivity index (χ3v) is 5.78. The highest BCUT2D eigenvalue weighted by Gasteiger charge is 2.17. The minimum Gasteiger partial charge on any atom is -0.507 e. The van der Waals surface area contributed by atoms with Crippen LogP contribution >= 0.6 is 23.4 Å². The Balaban J connectivity index is 1.44. The van der Waals surface area contributed by atoms with E-state index in [1.54, 1.807) is 43.0 Å². The number of rotatable bonds is 10. The smallest absolute Gasteiger partial charge is 0.256 e. The Morgan fingerprint density at radius 1 is 1.27 bits per heavy atom. The summed E-state index contributed by atoms with van der Waals surface area (Å²) in [5, 5.41) is 11.6. The number of oxazole rings is 1. The van der Waals surface area contributed by atoms with Gasteiger partial charge in [0.15, 0.2) is 11.4 Å². The van der Waals surface area contributed by atoms with E-state index < -0.39 is 0 Å². The van der Waals surface area contributed by atoms with E-state index in [2.05, 4.69) is 4.98 Å². The van der Waals surface area contributed by atoms with E-state index >= 15 is 0 Å². The number of benzene rings is 2. The zero-order valence-corrected chi connectivity index (χ0v) is 19.0. The van der Waals surface area contributed by atoms with Gasteiger partial charge in [0.25, 0.3) is 5.22 Å². The zero-order valence-electron chi connectivity index (χ0n) is 17.4. The summed E-state index contributed by atoms with van der Waals surface area (Å²) < 4.78 is 11.5. The number of thioether (sulfide) groups is 1. The predicted molar refractivity (Wildman–Crippen MR) is 121 cm³/mol. The van der Waals surface area contributed by atoms with Gasteiger partial charge in [-0.2, -0.15) is 0 Å². The standard InChI is InChI=1S/C23H26ClNO4S/c1-14(2)12-19(26)17-7-9-20(15(3)22(17)27)28-10-4-5-11-30-23-25-18-8-6-16(24)13-21(18)29-23/h6-9,13-14,27H,4-5,10-12H2,1-3H3. The van der Waals surface area contributed by atoms with Crippen LogP contribution in [0.15, 0.2) is 40.0 Å². The number of aromatic hydroxyl groups is 1. The number of phenolic OH excluding ortho intramolecular Hbond substituents is 1. The first-order chi connectivity index (χ1) is 14.3. The van der Waals surface area contributed by atoms with Crippen molar-refractivity contribution in [3.05, 3.63) is 46.5 Å². The third-order valence-electron chi connectivity index (χ3n) is 4.63. The Morgan fingerprint density at radius 2 is 2.07 bits per heavy atom. The molecule has 0 spiro atoms. The molecule has 0 aliphatic heterocycles. The molecule has 0 saturated carbocycles. The normalized spacial score (nSPS) is 11.4. The van der Waals surface area contributed by atoms with Gasteiger partial charge in [0.2, 0.25) is 0 Å². The van der Waals surface area contributed by atoms with Crippen molar-refractivity contribution in [1.29, 1.82) is 0 Å². The second-order valence-electron chi connectivity index (χ2n) is 7.60. The average Bonchev–Trinajstić information content (AvgIpc) is 3.08. The maximum absolute atomic E-state index is 12.2. The lowest BCUT2D eigenvalue weighted by molar-refractivity contribution is 0.0965. The topological polar surface area (TPSA) is 72.6 Å². The third kappa shape index (κ3) is 5.70. The number of nitrogens with zero attached hydrogens (tertiary/aromatic N) is 1. The van der Waals surface area contributed by atoms with Crippen LogP contribution in [0.1, 0.15) is 49.0 Å². The van der Waals surface area contributed by atoms with Crippen LogP contribution < -0.4 is 4.74 Å². The molecule has 1 N–H and O–H groups in total. The lowest BCUT2D eigenvalue weighted by Crippen LogP contribution is -2.06. The molecule has 30 heavy (non-hydrogen) atoms. The van der Waals surface area contributed by atoms with Crippen LogP contribution in [0, 0.1) is 12.8 Å². The van der Waals surface area contributed by atoms with Gasteiger partial charge in [0, 0.05) is 28.8 Å². The molecule has 0 fully saturated rings. The number of hydrogen-bond donors (Lipinski definition) is 1. The number of carbonyl (C=O) groups is 1. The Labute approximate surface area is 185 Å². The van der Waals surface area contributed by atoms with E-state index in [0.717, 1.165) is 24.1 Å². The maximum atomic E-state index is 12.2.